The third-order valence-electron chi connectivity index (χ3n) is 4.04. The largest absolute Gasteiger partial charge is 0.493 e. The lowest BCUT2D eigenvalue weighted by atomic mass is 10.0. The zero-order chi connectivity index (χ0) is 18.0. The van der Waals surface area contributed by atoms with E-state index in [-0.39, 0.29) is 17.1 Å². The van der Waals surface area contributed by atoms with Gasteiger partial charge < -0.3 is 14.4 Å². The molecule has 0 saturated heterocycles. The summed E-state index contributed by atoms with van der Waals surface area (Å²) in [5, 5.41) is 0. The van der Waals surface area contributed by atoms with Crippen molar-refractivity contribution in [3.8, 4) is 11.5 Å². The van der Waals surface area contributed by atoms with E-state index in [2.05, 4.69) is 4.74 Å². The zero-order valence-corrected chi connectivity index (χ0v) is 13.5. The first-order valence-electron chi connectivity index (χ1n) is 7.72. The molecule has 1 amide bonds. The van der Waals surface area contributed by atoms with Crippen molar-refractivity contribution in [1.82, 2.24) is 0 Å². The Hall–Kier alpha value is -2.70. The molecule has 0 spiro atoms. The minimum atomic E-state index is -3.04. The van der Waals surface area contributed by atoms with Crippen LogP contribution in [-0.2, 0) is 6.42 Å². The van der Waals surface area contributed by atoms with E-state index < -0.39 is 18.3 Å². The maximum Gasteiger partial charge on any atom is 0.387 e. The van der Waals surface area contributed by atoms with E-state index >= 15 is 0 Å². The molecule has 1 aliphatic rings. The van der Waals surface area contributed by atoms with Crippen LogP contribution in [0.4, 0.5) is 18.9 Å². The van der Waals surface area contributed by atoms with Crippen LogP contribution in [0.25, 0.3) is 0 Å². The first-order valence-corrected chi connectivity index (χ1v) is 7.72. The summed E-state index contributed by atoms with van der Waals surface area (Å²) < 4.78 is 48.1. The topological polar surface area (TPSA) is 38.8 Å². The lowest BCUT2D eigenvalue weighted by molar-refractivity contribution is -0.0512. The van der Waals surface area contributed by atoms with Crippen molar-refractivity contribution in [1.29, 1.82) is 0 Å². The minimum Gasteiger partial charge on any atom is -0.493 e. The molecule has 132 valence electrons. The summed E-state index contributed by atoms with van der Waals surface area (Å²) in [4.78, 5) is 14.3. The quantitative estimate of drug-likeness (QED) is 0.835. The van der Waals surface area contributed by atoms with Crippen LogP contribution in [0, 0.1) is 5.82 Å². The highest BCUT2D eigenvalue weighted by Crippen LogP contribution is 2.33. The highest BCUT2D eigenvalue weighted by Gasteiger charge is 2.25. The third-order valence-corrected chi connectivity index (χ3v) is 4.04. The van der Waals surface area contributed by atoms with Crippen LogP contribution in [0.2, 0.25) is 0 Å². The van der Waals surface area contributed by atoms with Crippen molar-refractivity contribution < 1.29 is 27.4 Å². The molecule has 1 aliphatic heterocycles. The molecule has 1 heterocycles. The lowest BCUT2D eigenvalue weighted by Crippen LogP contribution is -2.35. The summed E-state index contributed by atoms with van der Waals surface area (Å²) >= 11 is 0. The van der Waals surface area contributed by atoms with Gasteiger partial charge in [0.25, 0.3) is 5.91 Å². The molecule has 7 heteroatoms. The number of carbonyl (C=O) groups is 1. The number of alkyl halides is 2. The van der Waals surface area contributed by atoms with E-state index in [1.807, 2.05) is 0 Å². The number of benzene rings is 2. The van der Waals surface area contributed by atoms with Crippen LogP contribution in [-0.4, -0.2) is 26.2 Å². The molecule has 0 unspecified atom stereocenters. The predicted molar refractivity (Wildman–Crippen MR) is 86.0 cm³/mol. The van der Waals surface area contributed by atoms with Crippen molar-refractivity contribution in [2.75, 3.05) is 18.6 Å². The van der Waals surface area contributed by atoms with Gasteiger partial charge in [-0.3, -0.25) is 4.79 Å². The van der Waals surface area contributed by atoms with Gasteiger partial charge in [-0.05, 0) is 48.7 Å². The molecule has 0 aliphatic carbocycles. The molecule has 0 radical (unpaired) electrons. The van der Waals surface area contributed by atoms with Gasteiger partial charge >= 0.3 is 6.61 Å². The number of halogens is 3. The van der Waals surface area contributed by atoms with Gasteiger partial charge in [-0.2, -0.15) is 8.78 Å². The maximum atomic E-state index is 13.6. The lowest BCUT2D eigenvalue weighted by Gasteiger charge is -2.29. The highest BCUT2D eigenvalue weighted by molar-refractivity contribution is 6.07. The Balaban J connectivity index is 1.95. The molecule has 0 fully saturated rings. The fourth-order valence-electron chi connectivity index (χ4n) is 2.91. The normalized spacial score (nSPS) is 13.6. The number of fused-ring (bicyclic) bond motifs is 1. The summed E-state index contributed by atoms with van der Waals surface area (Å²) in [6.45, 7) is -2.61. The van der Waals surface area contributed by atoms with Crippen LogP contribution in [0.1, 0.15) is 22.3 Å². The monoisotopic (exact) mass is 351 g/mol. The van der Waals surface area contributed by atoms with Crippen molar-refractivity contribution in [3.63, 3.8) is 0 Å². The van der Waals surface area contributed by atoms with Crippen LogP contribution >= 0.6 is 0 Å². The smallest absolute Gasteiger partial charge is 0.387 e. The Morgan fingerprint density at radius 3 is 2.68 bits per heavy atom. The number of hydrogen-bond acceptors (Lipinski definition) is 3. The van der Waals surface area contributed by atoms with Gasteiger partial charge in [0.2, 0.25) is 0 Å². The number of rotatable bonds is 4. The standard InChI is InChI=1S/C18H16F3NO3/c1-24-15-7-5-12(9-16(15)25-18(20)21)17(23)22-8-2-3-11-4-6-13(19)10-14(11)22/h4-7,9-10,18H,2-3,8H2,1H3. The molecule has 25 heavy (non-hydrogen) atoms. The Bertz CT molecular complexity index is 795. The van der Waals surface area contributed by atoms with Gasteiger partial charge in [-0.1, -0.05) is 6.07 Å². The third kappa shape index (κ3) is 3.55. The second-order valence-electron chi connectivity index (χ2n) is 5.58. The van der Waals surface area contributed by atoms with Crippen molar-refractivity contribution >= 4 is 11.6 Å². The molecule has 0 atom stereocenters. The maximum absolute atomic E-state index is 13.6. The van der Waals surface area contributed by atoms with Crippen LogP contribution in [0.3, 0.4) is 0 Å². The molecule has 2 aromatic carbocycles. The van der Waals surface area contributed by atoms with Crippen molar-refractivity contribution in [2.24, 2.45) is 0 Å². The van der Waals surface area contributed by atoms with E-state index in [0.717, 1.165) is 18.4 Å². The SMILES string of the molecule is COc1ccc(C(=O)N2CCCc3ccc(F)cc32)cc1OC(F)F. The number of hydrogen-bond donors (Lipinski definition) is 0. The van der Waals surface area contributed by atoms with E-state index in [1.54, 1.807) is 6.07 Å². The second-order valence-corrected chi connectivity index (χ2v) is 5.58. The summed E-state index contributed by atoms with van der Waals surface area (Å²) in [6.07, 6.45) is 1.49. The summed E-state index contributed by atoms with van der Waals surface area (Å²) in [6, 6.07) is 8.39. The summed E-state index contributed by atoms with van der Waals surface area (Å²) in [5.74, 6) is -0.968. The number of nitrogens with zero attached hydrogens (tertiary/aromatic N) is 1. The predicted octanol–water partition coefficient (Wildman–Crippen LogP) is 4.03. The van der Waals surface area contributed by atoms with Crippen LogP contribution < -0.4 is 14.4 Å². The first-order chi connectivity index (χ1) is 12.0. The molecular weight excluding hydrogens is 335 g/mol. The number of aryl methyl sites for hydroxylation is 1. The molecular formula is C18H16F3NO3. The number of amides is 1. The fourth-order valence-corrected chi connectivity index (χ4v) is 2.91. The van der Waals surface area contributed by atoms with E-state index in [0.29, 0.717) is 12.2 Å². The average molecular weight is 351 g/mol. The molecule has 0 aromatic heterocycles. The van der Waals surface area contributed by atoms with E-state index in [4.69, 9.17) is 4.74 Å². The second kappa shape index (κ2) is 7.04. The molecule has 4 nitrogen and oxygen atoms in total. The molecule has 3 rings (SSSR count). The fraction of sp³-hybridized carbons (Fsp3) is 0.278. The van der Waals surface area contributed by atoms with Gasteiger partial charge in [0.15, 0.2) is 11.5 Å². The highest BCUT2D eigenvalue weighted by atomic mass is 19.3. The molecule has 0 N–H and O–H groups in total. The van der Waals surface area contributed by atoms with Gasteiger partial charge in [-0.25, -0.2) is 4.39 Å². The van der Waals surface area contributed by atoms with E-state index in [1.165, 1.54) is 42.3 Å². The number of ether oxygens (including phenoxy) is 2. The van der Waals surface area contributed by atoms with Crippen LogP contribution in [0.5, 0.6) is 11.5 Å². The number of anilines is 1. The van der Waals surface area contributed by atoms with Gasteiger partial charge in [0.1, 0.15) is 5.82 Å². The van der Waals surface area contributed by atoms with Crippen LogP contribution in [0.15, 0.2) is 36.4 Å². The minimum absolute atomic E-state index is 0.0990. The van der Waals surface area contributed by atoms with Gasteiger partial charge in [0, 0.05) is 12.1 Å². The Labute approximate surface area is 142 Å². The van der Waals surface area contributed by atoms with Crippen molar-refractivity contribution in [3.05, 3.63) is 53.3 Å². The number of methoxy groups -OCH3 is 1. The molecule has 0 saturated carbocycles. The zero-order valence-electron chi connectivity index (χ0n) is 13.5. The molecule has 2 aromatic rings. The Kier molecular flexibility index (Phi) is 4.83. The summed E-state index contributed by atoms with van der Waals surface area (Å²) in [5.41, 5.74) is 1.54. The average Bonchev–Trinajstić information content (AvgIpc) is 2.60. The van der Waals surface area contributed by atoms with Crippen molar-refractivity contribution in [2.45, 2.75) is 19.5 Å². The van der Waals surface area contributed by atoms with Gasteiger partial charge in [-0.15, -0.1) is 0 Å². The Morgan fingerprint density at radius 1 is 1.16 bits per heavy atom. The van der Waals surface area contributed by atoms with E-state index in [9.17, 15) is 18.0 Å². The van der Waals surface area contributed by atoms with Gasteiger partial charge in [0.05, 0.1) is 12.8 Å². The number of carbonyl (C=O) groups excluding carboxylic acids is 1. The molecule has 0 bridgehead atoms. The summed E-state index contributed by atoms with van der Waals surface area (Å²) in [7, 11) is 1.32. The first kappa shape index (κ1) is 17.1. The Morgan fingerprint density at radius 2 is 1.96 bits per heavy atom.